The van der Waals surface area contributed by atoms with Crippen molar-refractivity contribution in [2.75, 3.05) is 6.61 Å². The van der Waals surface area contributed by atoms with E-state index in [1.807, 2.05) is 13.8 Å². The second-order valence-corrected chi connectivity index (χ2v) is 7.59. The van der Waals surface area contributed by atoms with E-state index >= 15 is 0 Å². The Kier molecular flexibility index (Phi) is 16.8. The Labute approximate surface area is 151 Å². The van der Waals surface area contributed by atoms with Crippen molar-refractivity contribution in [3.05, 3.63) is 0 Å². The molecule has 0 saturated heterocycles. The molecule has 2 N–H and O–H groups in total. The fourth-order valence-corrected chi connectivity index (χ4v) is 3.01. The summed E-state index contributed by atoms with van der Waals surface area (Å²) in [6, 6.07) is -0.0977. The van der Waals surface area contributed by atoms with Gasteiger partial charge in [0, 0.05) is 6.42 Å². The largest absolute Gasteiger partial charge is 0.394 e. The maximum absolute atomic E-state index is 11.8. The third-order valence-corrected chi connectivity index (χ3v) is 4.86. The number of unbranched alkanes of at least 4 members (excludes halogenated alkanes) is 12. The van der Waals surface area contributed by atoms with Crippen LogP contribution in [0.4, 0.5) is 0 Å². The lowest BCUT2D eigenvalue weighted by atomic mass is 10.0. The van der Waals surface area contributed by atoms with Crippen LogP contribution in [0.5, 0.6) is 0 Å². The zero-order valence-corrected chi connectivity index (χ0v) is 16.6. The van der Waals surface area contributed by atoms with Crippen LogP contribution in [0.1, 0.15) is 111 Å². The van der Waals surface area contributed by atoms with E-state index in [0.717, 1.165) is 12.8 Å². The molecule has 0 rings (SSSR count). The summed E-state index contributed by atoms with van der Waals surface area (Å²) in [6.07, 6.45) is 17.8. The lowest BCUT2D eigenvalue weighted by Crippen LogP contribution is -2.41. The van der Waals surface area contributed by atoms with Crippen molar-refractivity contribution in [2.24, 2.45) is 5.92 Å². The standard InChI is InChI=1S/C21H43NO2/c1-4-5-6-7-8-9-10-11-12-13-14-15-16-17-21(24)22-20(18-23)19(2)3/h19-20,23H,4-18H2,1-3H3,(H,22,24)/t20-/m0/s1. The fraction of sp³-hybridized carbons (Fsp3) is 0.952. The van der Waals surface area contributed by atoms with E-state index in [2.05, 4.69) is 12.2 Å². The second kappa shape index (κ2) is 17.3. The molecule has 0 aliphatic carbocycles. The molecule has 0 spiro atoms. The highest BCUT2D eigenvalue weighted by Gasteiger charge is 2.14. The maximum atomic E-state index is 11.8. The number of hydrogen-bond donors (Lipinski definition) is 2. The van der Waals surface area contributed by atoms with E-state index in [9.17, 15) is 9.90 Å². The molecule has 24 heavy (non-hydrogen) atoms. The van der Waals surface area contributed by atoms with Crippen molar-refractivity contribution >= 4 is 5.91 Å². The summed E-state index contributed by atoms with van der Waals surface area (Å²) in [4.78, 5) is 11.8. The molecule has 0 unspecified atom stereocenters. The fourth-order valence-electron chi connectivity index (χ4n) is 3.01. The van der Waals surface area contributed by atoms with Gasteiger partial charge in [-0.3, -0.25) is 4.79 Å². The van der Waals surface area contributed by atoms with E-state index in [1.54, 1.807) is 0 Å². The van der Waals surface area contributed by atoms with Crippen molar-refractivity contribution in [1.82, 2.24) is 5.32 Å². The summed E-state index contributed by atoms with van der Waals surface area (Å²) < 4.78 is 0. The normalized spacial score (nSPS) is 12.5. The first-order chi connectivity index (χ1) is 11.6. The molecule has 0 heterocycles. The predicted octanol–water partition coefficient (Wildman–Crippen LogP) is 5.60. The van der Waals surface area contributed by atoms with Gasteiger partial charge in [-0.05, 0) is 12.3 Å². The number of carbonyl (C=O) groups is 1. The number of rotatable bonds is 17. The molecule has 3 heteroatoms. The Morgan fingerprint density at radius 3 is 1.58 bits per heavy atom. The van der Waals surface area contributed by atoms with Gasteiger partial charge in [0.15, 0.2) is 0 Å². The van der Waals surface area contributed by atoms with Gasteiger partial charge in [-0.1, -0.05) is 97.8 Å². The minimum atomic E-state index is -0.0977. The average molecular weight is 342 g/mol. The molecule has 0 fully saturated rings. The zero-order valence-electron chi connectivity index (χ0n) is 16.6. The number of carbonyl (C=O) groups excluding carboxylic acids is 1. The summed E-state index contributed by atoms with van der Waals surface area (Å²) in [6.45, 7) is 6.34. The van der Waals surface area contributed by atoms with Crippen LogP contribution in [0.3, 0.4) is 0 Å². The smallest absolute Gasteiger partial charge is 0.220 e. The van der Waals surface area contributed by atoms with Crippen LogP contribution >= 0.6 is 0 Å². The highest BCUT2D eigenvalue weighted by Crippen LogP contribution is 2.13. The van der Waals surface area contributed by atoms with E-state index in [4.69, 9.17) is 0 Å². The number of aliphatic hydroxyl groups excluding tert-OH is 1. The molecular formula is C21H43NO2. The molecule has 3 nitrogen and oxygen atoms in total. The first-order valence-electron chi connectivity index (χ1n) is 10.5. The molecule has 1 amide bonds. The maximum Gasteiger partial charge on any atom is 0.220 e. The molecule has 0 aliphatic heterocycles. The van der Waals surface area contributed by atoms with Crippen LogP contribution < -0.4 is 5.32 Å². The number of nitrogens with one attached hydrogen (secondary N) is 1. The SMILES string of the molecule is CCCCCCCCCCCCCCCC(=O)N[C@@H](CO)C(C)C. The van der Waals surface area contributed by atoms with Gasteiger partial charge in [0.1, 0.15) is 0 Å². The number of hydrogen-bond acceptors (Lipinski definition) is 2. The van der Waals surface area contributed by atoms with Gasteiger partial charge in [-0.2, -0.15) is 0 Å². The second-order valence-electron chi connectivity index (χ2n) is 7.59. The average Bonchev–Trinajstić information content (AvgIpc) is 2.56. The van der Waals surface area contributed by atoms with Crippen molar-refractivity contribution in [1.29, 1.82) is 0 Å². The van der Waals surface area contributed by atoms with Gasteiger partial charge >= 0.3 is 0 Å². The van der Waals surface area contributed by atoms with Crippen LogP contribution in [-0.4, -0.2) is 23.7 Å². The minimum Gasteiger partial charge on any atom is -0.394 e. The minimum absolute atomic E-state index is 0.0298. The van der Waals surface area contributed by atoms with E-state index < -0.39 is 0 Å². The van der Waals surface area contributed by atoms with Gasteiger partial charge in [-0.25, -0.2) is 0 Å². The van der Waals surface area contributed by atoms with Crippen molar-refractivity contribution < 1.29 is 9.90 Å². The molecule has 0 aromatic rings. The predicted molar refractivity (Wildman–Crippen MR) is 104 cm³/mol. The third kappa shape index (κ3) is 15.0. The van der Waals surface area contributed by atoms with E-state index in [0.29, 0.717) is 6.42 Å². The molecular weight excluding hydrogens is 298 g/mol. The summed E-state index contributed by atoms with van der Waals surface area (Å²) in [5.74, 6) is 0.372. The van der Waals surface area contributed by atoms with Gasteiger partial charge < -0.3 is 10.4 Å². The van der Waals surface area contributed by atoms with Gasteiger partial charge in [0.2, 0.25) is 5.91 Å². The Balaban J connectivity index is 3.29. The Bertz CT molecular complexity index is 279. The van der Waals surface area contributed by atoms with Crippen molar-refractivity contribution in [3.63, 3.8) is 0 Å². The highest BCUT2D eigenvalue weighted by molar-refractivity contribution is 5.76. The first-order valence-corrected chi connectivity index (χ1v) is 10.5. The first kappa shape index (κ1) is 23.4. The highest BCUT2D eigenvalue weighted by atomic mass is 16.3. The molecule has 0 aromatic carbocycles. The summed E-state index contributed by atoms with van der Waals surface area (Å²) in [5.41, 5.74) is 0. The number of amides is 1. The molecule has 0 aliphatic rings. The topological polar surface area (TPSA) is 49.3 Å². The molecule has 1 atom stereocenters. The Hall–Kier alpha value is -0.570. The third-order valence-electron chi connectivity index (χ3n) is 4.86. The Morgan fingerprint density at radius 1 is 0.792 bits per heavy atom. The summed E-state index contributed by atoms with van der Waals surface area (Å²) >= 11 is 0. The summed E-state index contributed by atoms with van der Waals surface area (Å²) in [7, 11) is 0. The molecule has 144 valence electrons. The van der Waals surface area contributed by atoms with Gasteiger partial charge in [0.25, 0.3) is 0 Å². The van der Waals surface area contributed by atoms with E-state index in [-0.39, 0.29) is 24.5 Å². The van der Waals surface area contributed by atoms with Crippen LogP contribution in [0.2, 0.25) is 0 Å². The monoisotopic (exact) mass is 341 g/mol. The summed E-state index contributed by atoms with van der Waals surface area (Å²) in [5, 5.41) is 12.1. The molecule has 0 bridgehead atoms. The van der Waals surface area contributed by atoms with Gasteiger partial charge in [0.05, 0.1) is 12.6 Å². The van der Waals surface area contributed by atoms with Crippen molar-refractivity contribution in [2.45, 2.75) is 117 Å². The Morgan fingerprint density at radius 2 is 1.21 bits per heavy atom. The molecule has 0 aromatic heterocycles. The molecule has 0 saturated carbocycles. The van der Waals surface area contributed by atoms with Crippen LogP contribution in [0.25, 0.3) is 0 Å². The van der Waals surface area contributed by atoms with E-state index in [1.165, 1.54) is 70.6 Å². The quantitative estimate of drug-likeness (QED) is 0.338. The van der Waals surface area contributed by atoms with Crippen LogP contribution in [-0.2, 0) is 4.79 Å². The lowest BCUT2D eigenvalue weighted by molar-refractivity contribution is -0.122. The zero-order chi connectivity index (χ0) is 18.0. The van der Waals surface area contributed by atoms with Crippen LogP contribution in [0, 0.1) is 5.92 Å². The molecule has 0 radical (unpaired) electrons. The van der Waals surface area contributed by atoms with Crippen molar-refractivity contribution in [3.8, 4) is 0 Å². The van der Waals surface area contributed by atoms with Gasteiger partial charge in [-0.15, -0.1) is 0 Å². The number of aliphatic hydroxyl groups is 1. The lowest BCUT2D eigenvalue weighted by Gasteiger charge is -2.19. The van der Waals surface area contributed by atoms with Crippen LogP contribution in [0.15, 0.2) is 0 Å².